The van der Waals surface area contributed by atoms with Gasteiger partial charge in [-0.25, -0.2) is 4.98 Å². The second-order valence-corrected chi connectivity index (χ2v) is 6.29. The highest BCUT2D eigenvalue weighted by Gasteiger charge is 2.23. The first-order valence-electron chi connectivity index (χ1n) is 7.08. The number of carboxylic acids is 1. The van der Waals surface area contributed by atoms with Gasteiger partial charge < -0.3 is 9.84 Å². The molecule has 110 valence electrons. The molecule has 1 aromatic carbocycles. The fourth-order valence-electron chi connectivity index (χ4n) is 2.56. The smallest absolute Gasteiger partial charge is 0.308 e. The number of benzene rings is 1. The van der Waals surface area contributed by atoms with Crippen LogP contribution in [0.1, 0.15) is 28.6 Å². The number of aliphatic carboxylic acids is 1. The first-order chi connectivity index (χ1) is 10.2. The van der Waals surface area contributed by atoms with Gasteiger partial charge in [0, 0.05) is 23.0 Å². The highest BCUT2D eigenvalue weighted by molar-refractivity contribution is 7.12. The van der Waals surface area contributed by atoms with Gasteiger partial charge in [0.15, 0.2) is 0 Å². The number of nitrogens with zero attached hydrogens (tertiary/aromatic N) is 1. The number of aromatic nitrogens is 1. The van der Waals surface area contributed by atoms with E-state index in [-0.39, 0.29) is 6.42 Å². The van der Waals surface area contributed by atoms with Gasteiger partial charge in [-0.1, -0.05) is 30.3 Å². The molecule has 1 aliphatic heterocycles. The number of thiazole rings is 1. The van der Waals surface area contributed by atoms with Gasteiger partial charge in [-0.3, -0.25) is 4.79 Å². The summed E-state index contributed by atoms with van der Waals surface area (Å²) in [7, 11) is 0. The van der Waals surface area contributed by atoms with Crippen molar-refractivity contribution in [3.8, 4) is 11.3 Å². The maximum absolute atomic E-state index is 11.1. The largest absolute Gasteiger partial charge is 0.481 e. The summed E-state index contributed by atoms with van der Waals surface area (Å²) in [6.07, 6.45) is 2.13. The van der Waals surface area contributed by atoms with Crippen LogP contribution in [0.4, 0.5) is 0 Å². The quantitative estimate of drug-likeness (QED) is 0.941. The number of carboxylic acid groups (broad SMARTS) is 1. The molecule has 1 atom stereocenters. The molecule has 4 nitrogen and oxygen atoms in total. The maximum Gasteiger partial charge on any atom is 0.308 e. The Morgan fingerprint density at radius 1 is 1.38 bits per heavy atom. The van der Waals surface area contributed by atoms with Gasteiger partial charge in [-0.2, -0.15) is 0 Å². The van der Waals surface area contributed by atoms with Crippen molar-refractivity contribution in [1.82, 2.24) is 4.98 Å². The number of ether oxygens (including phenoxy) is 1. The van der Waals surface area contributed by atoms with E-state index in [0.717, 1.165) is 40.6 Å². The zero-order valence-electron chi connectivity index (χ0n) is 11.6. The van der Waals surface area contributed by atoms with Crippen molar-refractivity contribution in [3.05, 3.63) is 40.2 Å². The SMILES string of the molecule is O=C(O)Cc1sc(C2CCCOC2)nc1-c1ccccc1. The van der Waals surface area contributed by atoms with E-state index in [0.29, 0.717) is 12.5 Å². The molecular weight excluding hydrogens is 286 g/mol. The van der Waals surface area contributed by atoms with Crippen LogP contribution in [-0.2, 0) is 16.0 Å². The van der Waals surface area contributed by atoms with Gasteiger partial charge in [0.2, 0.25) is 0 Å². The van der Waals surface area contributed by atoms with E-state index in [1.54, 1.807) is 0 Å². The van der Waals surface area contributed by atoms with Crippen molar-refractivity contribution in [2.45, 2.75) is 25.2 Å². The minimum atomic E-state index is -0.817. The summed E-state index contributed by atoms with van der Waals surface area (Å²) in [6.45, 7) is 1.50. The minimum absolute atomic E-state index is 0.0233. The Morgan fingerprint density at radius 3 is 2.86 bits per heavy atom. The topological polar surface area (TPSA) is 59.4 Å². The second-order valence-electron chi connectivity index (χ2n) is 5.17. The number of rotatable bonds is 4. The summed E-state index contributed by atoms with van der Waals surface area (Å²) in [4.78, 5) is 16.7. The molecule has 0 spiro atoms. The molecule has 0 bridgehead atoms. The Labute approximate surface area is 127 Å². The molecule has 1 unspecified atom stereocenters. The van der Waals surface area contributed by atoms with E-state index in [4.69, 9.17) is 14.8 Å². The summed E-state index contributed by atoms with van der Waals surface area (Å²) >= 11 is 1.52. The van der Waals surface area contributed by atoms with Crippen LogP contribution in [0.2, 0.25) is 0 Å². The molecule has 1 aliphatic rings. The van der Waals surface area contributed by atoms with Crippen LogP contribution in [0.15, 0.2) is 30.3 Å². The van der Waals surface area contributed by atoms with E-state index in [1.807, 2.05) is 30.3 Å². The van der Waals surface area contributed by atoms with Crippen LogP contribution in [0.25, 0.3) is 11.3 Å². The lowest BCUT2D eigenvalue weighted by Gasteiger charge is -2.19. The molecule has 0 aliphatic carbocycles. The lowest BCUT2D eigenvalue weighted by Crippen LogP contribution is -2.15. The van der Waals surface area contributed by atoms with Gasteiger partial charge in [-0.05, 0) is 12.8 Å². The van der Waals surface area contributed by atoms with Crippen molar-refractivity contribution in [3.63, 3.8) is 0 Å². The summed E-state index contributed by atoms with van der Waals surface area (Å²) in [5.74, 6) is -0.518. The number of carbonyl (C=O) groups is 1. The van der Waals surface area contributed by atoms with Crippen molar-refractivity contribution in [1.29, 1.82) is 0 Å². The Hall–Kier alpha value is -1.72. The Balaban J connectivity index is 1.96. The zero-order chi connectivity index (χ0) is 14.7. The van der Waals surface area contributed by atoms with Crippen molar-refractivity contribution in [2.75, 3.05) is 13.2 Å². The summed E-state index contributed by atoms with van der Waals surface area (Å²) in [5, 5.41) is 10.1. The monoisotopic (exact) mass is 303 g/mol. The minimum Gasteiger partial charge on any atom is -0.481 e. The molecule has 0 saturated carbocycles. The third-order valence-corrected chi connectivity index (χ3v) is 4.80. The highest BCUT2D eigenvalue weighted by atomic mass is 32.1. The molecule has 3 rings (SSSR count). The van der Waals surface area contributed by atoms with Crippen molar-refractivity contribution < 1.29 is 14.6 Å². The Morgan fingerprint density at radius 2 is 2.19 bits per heavy atom. The van der Waals surface area contributed by atoms with Crippen molar-refractivity contribution >= 4 is 17.3 Å². The second kappa shape index (κ2) is 6.37. The van der Waals surface area contributed by atoms with Crippen LogP contribution in [0.3, 0.4) is 0 Å². The molecule has 0 amide bonds. The average Bonchev–Trinajstić information content (AvgIpc) is 2.92. The fraction of sp³-hybridized carbons (Fsp3) is 0.375. The van der Waals surface area contributed by atoms with Gasteiger partial charge in [-0.15, -0.1) is 11.3 Å². The van der Waals surface area contributed by atoms with Gasteiger partial charge in [0.1, 0.15) is 0 Å². The average molecular weight is 303 g/mol. The highest BCUT2D eigenvalue weighted by Crippen LogP contribution is 2.35. The van der Waals surface area contributed by atoms with E-state index in [2.05, 4.69) is 0 Å². The Bertz CT molecular complexity index is 618. The number of hydrogen-bond donors (Lipinski definition) is 1. The maximum atomic E-state index is 11.1. The van der Waals surface area contributed by atoms with E-state index >= 15 is 0 Å². The predicted molar refractivity (Wildman–Crippen MR) is 81.7 cm³/mol. The molecular formula is C16H17NO3S. The summed E-state index contributed by atoms with van der Waals surface area (Å²) in [6, 6.07) is 9.79. The van der Waals surface area contributed by atoms with E-state index < -0.39 is 5.97 Å². The molecule has 0 radical (unpaired) electrons. The molecule has 21 heavy (non-hydrogen) atoms. The third-order valence-electron chi connectivity index (χ3n) is 3.58. The van der Waals surface area contributed by atoms with Gasteiger partial charge in [0.05, 0.1) is 23.7 Å². The molecule has 1 fully saturated rings. The molecule has 5 heteroatoms. The lowest BCUT2D eigenvalue weighted by atomic mass is 10.0. The van der Waals surface area contributed by atoms with Gasteiger partial charge >= 0.3 is 5.97 Å². The standard InChI is InChI=1S/C16H17NO3S/c18-14(19)9-13-15(11-5-2-1-3-6-11)17-16(21-13)12-7-4-8-20-10-12/h1-3,5-6,12H,4,7-10H2,(H,18,19). The van der Waals surface area contributed by atoms with Crippen molar-refractivity contribution in [2.24, 2.45) is 0 Å². The fourth-order valence-corrected chi connectivity index (χ4v) is 3.76. The molecule has 1 N–H and O–H groups in total. The van der Waals surface area contributed by atoms with Crippen LogP contribution in [0, 0.1) is 0 Å². The third kappa shape index (κ3) is 3.31. The molecule has 2 aromatic rings. The van der Waals surface area contributed by atoms with E-state index in [9.17, 15) is 4.79 Å². The number of hydrogen-bond acceptors (Lipinski definition) is 4. The zero-order valence-corrected chi connectivity index (χ0v) is 12.4. The van der Waals surface area contributed by atoms with E-state index in [1.165, 1.54) is 11.3 Å². The van der Waals surface area contributed by atoms with Crippen LogP contribution in [0.5, 0.6) is 0 Å². The molecule has 1 aromatic heterocycles. The lowest BCUT2D eigenvalue weighted by molar-refractivity contribution is -0.136. The molecule has 2 heterocycles. The summed E-state index contributed by atoms with van der Waals surface area (Å²) < 4.78 is 5.52. The summed E-state index contributed by atoms with van der Waals surface area (Å²) in [5.41, 5.74) is 1.79. The predicted octanol–water partition coefficient (Wildman–Crippen LogP) is 3.33. The van der Waals surface area contributed by atoms with Crippen LogP contribution in [-0.4, -0.2) is 29.3 Å². The van der Waals surface area contributed by atoms with Crippen LogP contribution >= 0.6 is 11.3 Å². The first-order valence-corrected chi connectivity index (χ1v) is 7.90. The van der Waals surface area contributed by atoms with Crippen LogP contribution < -0.4 is 0 Å². The molecule has 1 saturated heterocycles. The Kier molecular flexibility index (Phi) is 4.31. The first kappa shape index (κ1) is 14.2. The normalized spacial score (nSPS) is 18.6. The van der Waals surface area contributed by atoms with Gasteiger partial charge in [0.25, 0.3) is 0 Å².